The predicted octanol–water partition coefficient (Wildman–Crippen LogP) is 4.53. The molecule has 23 heavy (non-hydrogen) atoms. The van der Waals surface area contributed by atoms with E-state index in [1.54, 1.807) is 12.1 Å². The first-order chi connectivity index (χ1) is 10.8. The Morgan fingerprint density at radius 1 is 1.04 bits per heavy atom. The minimum atomic E-state index is -3.57. The number of esters is 1. The zero-order valence-corrected chi connectivity index (χ0v) is 15.5. The Bertz CT molecular complexity index is 820. The Balaban J connectivity index is 1.99. The standard InChI is InChI=1S/C15H11BrCl2O4S/c16-13-9-11(18)3-6-14(13)22-15(19)7-8-23(20,21)12-4-1-10(17)2-5-12/h1-6,9H,7-8H2. The number of carbonyl (C=O) groups excluding carboxylic acids is 1. The number of hydrogen-bond donors (Lipinski definition) is 0. The lowest BCUT2D eigenvalue weighted by atomic mass is 10.3. The van der Waals surface area contributed by atoms with Gasteiger partial charge in [0, 0.05) is 10.0 Å². The van der Waals surface area contributed by atoms with Crippen LogP contribution in [-0.2, 0) is 14.6 Å². The van der Waals surface area contributed by atoms with E-state index in [-0.39, 0.29) is 22.8 Å². The van der Waals surface area contributed by atoms with Gasteiger partial charge in [-0.05, 0) is 58.4 Å². The number of halogens is 3. The van der Waals surface area contributed by atoms with E-state index in [0.717, 1.165) is 0 Å². The molecule has 2 rings (SSSR count). The Morgan fingerprint density at radius 3 is 2.26 bits per heavy atom. The van der Waals surface area contributed by atoms with Crippen LogP contribution in [0.2, 0.25) is 10.0 Å². The summed E-state index contributed by atoms with van der Waals surface area (Å²) in [5.74, 6) is -0.715. The van der Waals surface area contributed by atoms with Gasteiger partial charge in [-0.3, -0.25) is 4.79 Å². The van der Waals surface area contributed by atoms with Crippen LogP contribution in [0.15, 0.2) is 51.8 Å². The molecule has 0 radical (unpaired) electrons. The van der Waals surface area contributed by atoms with Gasteiger partial charge in [0.15, 0.2) is 9.84 Å². The van der Waals surface area contributed by atoms with Crippen LogP contribution < -0.4 is 4.74 Å². The van der Waals surface area contributed by atoms with E-state index in [4.69, 9.17) is 27.9 Å². The van der Waals surface area contributed by atoms with Crippen molar-refractivity contribution < 1.29 is 17.9 Å². The van der Waals surface area contributed by atoms with E-state index in [1.165, 1.54) is 30.3 Å². The summed E-state index contributed by atoms with van der Waals surface area (Å²) in [6, 6.07) is 10.4. The molecule has 4 nitrogen and oxygen atoms in total. The van der Waals surface area contributed by atoms with E-state index in [0.29, 0.717) is 14.5 Å². The van der Waals surface area contributed by atoms with Crippen molar-refractivity contribution in [3.05, 3.63) is 57.0 Å². The Kier molecular flexibility index (Phi) is 6.08. The molecule has 0 unspecified atom stereocenters. The summed E-state index contributed by atoms with van der Waals surface area (Å²) in [6.45, 7) is 0. The molecule has 2 aromatic rings. The molecule has 0 saturated heterocycles. The molecule has 0 aliphatic heterocycles. The average Bonchev–Trinajstić information content (AvgIpc) is 2.49. The largest absolute Gasteiger partial charge is 0.425 e. The molecule has 0 fully saturated rings. The first kappa shape index (κ1) is 18.3. The van der Waals surface area contributed by atoms with Gasteiger partial charge < -0.3 is 4.74 Å². The summed E-state index contributed by atoms with van der Waals surface area (Å²) in [5, 5.41) is 0.929. The van der Waals surface area contributed by atoms with Gasteiger partial charge in [-0.1, -0.05) is 23.2 Å². The van der Waals surface area contributed by atoms with Crippen LogP contribution in [0.5, 0.6) is 5.75 Å². The first-order valence-electron chi connectivity index (χ1n) is 6.42. The molecule has 0 spiro atoms. The quantitative estimate of drug-likeness (QED) is 0.509. The Morgan fingerprint density at radius 2 is 1.65 bits per heavy atom. The van der Waals surface area contributed by atoms with Gasteiger partial charge in [0.05, 0.1) is 21.5 Å². The van der Waals surface area contributed by atoms with E-state index < -0.39 is 15.8 Å². The van der Waals surface area contributed by atoms with Crippen LogP contribution >= 0.6 is 39.1 Å². The molecule has 2 aromatic carbocycles. The maximum absolute atomic E-state index is 12.1. The van der Waals surface area contributed by atoms with E-state index >= 15 is 0 Å². The lowest BCUT2D eigenvalue weighted by Crippen LogP contribution is -2.15. The highest BCUT2D eigenvalue weighted by molar-refractivity contribution is 9.10. The lowest BCUT2D eigenvalue weighted by Gasteiger charge is -2.07. The summed E-state index contributed by atoms with van der Waals surface area (Å²) in [5.41, 5.74) is 0. The van der Waals surface area contributed by atoms with Crippen molar-refractivity contribution in [2.45, 2.75) is 11.3 Å². The molecule has 122 valence electrons. The van der Waals surface area contributed by atoms with Gasteiger partial charge in [-0.15, -0.1) is 0 Å². The van der Waals surface area contributed by atoms with Crippen molar-refractivity contribution in [2.24, 2.45) is 0 Å². The third-order valence-corrected chi connectivity index (χ3v) is 5.70. The number of benzene rings is 2. The summed E-state index contributed by atoms with van der Waals surface area (Å²) >= 11 is 14.7. The highest BCUT2D eigenvalue weighted by Crippen LogP contribution is 2.28. The van der Waals surface area contributed by atoms with Crippen LogP contribution in [0.25, 0.3) is 0 Å². The van der Waals surface area contributed by atoms with Gasteiger partial charge >= 0.3 is 5.97 Å². The van der Waals surface area contributed by atoms with Crippen molar-refractivity contribution in [2.75, 3.05) is 5.75 Å². The number of carbonyl (C=O) groups is 1. The van der Waals surface area contributed by atoms with E-state index in [1.807, 2.05) is 0 Å². The molecule has 0 atom stereocenters. The molecule has 0 bridgehead atoms. The molecule has 0 aromatic heterocycles. The van der Waals surface area contributed by atoms with E-state index in [9.17, 15) is 13.2 Å². The molecule has 0 saturated carbocycles. The fraction of sp³-hybridized carbons (Fsp3) is 0.133. The number of hydrogen-bond acceptors (Lipinski definition) is 4. The summed E-state index contributed by atoms with van der Waals surface area (Å²) in [6.07, 6.45) is -0.264. The molecular weight excluding hydrogens is 427 g/mol. The molecule has 0 N–H and O–H groups in total. The highest BCUT2D eigenvalue weighted by atomic mass is 79.9. The van der Waals surface area contributed by atoms with Crippen molar-refractivity contribution in [3.8, 4) is 5.75 Å². The van der Waals surface area contributed by atoms with Crippen molar-refractivity contribution in [1.29, 1.82) is 0 Å². The summed E-state index contributed by atoms with van der Waals surface area (Å²) < 4.78 is 29.9. The highest BCUT2D eigenvalue weighted by Gasteiger charge is 2.18. The summed E-state index contributed by atoms with van der Waals surface area (Å²) in [7, 11) is -3.57. The van der Waals surface area contributed by atoms with Crippen molar-refractivity contribution in [3.63, 3.8) is 0 Å². The lowest BCUT2D eigenvalue weighted by molar-refractivity contribution is -0.133. The fourth-order valence-electron chi connectivity index (χ4n) is 1.71. The smallest absolute Gasteiger partial charge is 0.312 e. The van der Waals surface area contributed by atoms with Gasteiger partial charge in [0.25, 0.3) is 0 Å². The SMILES string of the molecule is O=C(CCS(=O)(=O)c1ccc(Cl)cc1)Oc1ccc(Cl)cc1Br. The molecule has 0 amide bonds. The predicted molar refractivity (Wildman–Crippen MR) is 92.9 cm³/mol. The number of ether oxygens (including phenoxy) is 1. The van der Waals surface area contributed by atoms with Crippen molar-refractivity contribution >= 4 is 54.9 Å². The second-order valence-electron chi connectivity index (χ2n) is 4.57. The normalized spacial score (nSPS) is 11.3. The van der Waals surface area contributed by atoms with Gasteiger partial charge in [-0.2, -0.15) is 0 Å². The van der Waals surface area contributed by atoms with Crippen LogP contribution in [0.3, 0.4) is 0 Å². The second-order valence-corrected chi connectivity index (χ2v) is 8.41. The number of sulfone groups is 1. The first-order valence-corrected chi connectivity index (χ1v) is 9.62. The molecule has 8 heteroatoms. The van der Waals surface area contributed by atoms with Crippen molar-refractivity contribution in [1.82, 2.24) is 0 Å². The third kappa shape index (κ3) is 5.21. The minimum absolute atomic E-state index is 0.113. The average molecular weight is 438 g/mol. The van der Waals surface area contributed by atoms with Crippen LogP contribution in [0.4, 0.5) is 0 Å². The molecule has 0 aliphatic carbocycles. The van der Waals surface area contributed by atoms with Crippen LogP contribution in [0, 0.1) is 0 Å². The zero-order valence-electron chi connectivity index (χ0n) is 11.6. The van der Waals surface area contributed by atoms with Crippen LogP contribution in [0.1, 0.15) is 6.42 Å². The minimum Gasteiger partial charge on any atom is -0.425 e. The molecule has 0 heterocycles. The second kappa shape index (κ2) is 7.66. The third-order valence-electron chi connectivity index (χ3n) is 2.87. The molecular formula is C15H11BrCl2O4S. The maximum atomic E-state index is 12.1. The number of rotatable bonds is 5. The Labute approximate surface area is 152 Å². The fourth-order valence-corrected chi connectivity index (χ4v) is 3.82. The zero-order chi connectivity index (χ0) is 17.0. The van der Waals surface area contributed by atoms with Gasteiger partial charge in [-0.25, -0.2) is 8.42 Å². The Hall–Kier alpha value is -1.08. The topological polar surface area (TPSA) is 60.4 Å². The maximum Gasteiger partial charge on any atom is 0.312 e. The monoisotopic (exact) mass is 436 g/mol. The van der Waals surface area contributed by atoms with Gasteiger partial charge in [0.1, 0.15) is 5.75 Å². The molecule has 0 aliphatic rings. The summed E-state index contributed by atoms with van der Waals surface area (Å²) in [4.78, 5) is 11.9. The van der Waals surface area contributed by atoms with E-state index in [2.05, 4.69) is 15.9 Å². The van der Waals surface area contributed by atoms with Crippen LogP contribution in [-0.4, -0.2) is 20.1 Å². The van der Waals surface area contributed by atoms with Gasteiger partial charge in [0.2, 0.25) is 0 Å².